The summed E-state index contributed by atoms with van der Waals surface area (Å²) in [5, 5.41) is 7.90. The van der Waals surface area contributed by atoms with Crippen molar-refractivity contribution in [2.45, 2.75) is 66.2 Å². The zero-order valence-corrected chi connectivity index (χ0v) is 28.5. The topological polar surface area (TPSA) is 97.9 Å². The summed E-state index contributed by atoms with van der Waals surface area (Å²) in [7, 11) is 0. The number of hydrogen-bond acceptors (Lipinski definition) is 5. The molecule has 0 radical (unpaired) electrons. The lowest BCUT2D eigenvalue weighted by Gasteiger charge is -2.36. The van der Waals surface area contributed by atoms with E-state index in [2.05, 4.69) is 10.4 Å². The molecule has 0 aliphatic rings. The van der Waals surface area contributed by atoms with Gasteiger partial charge >= 0.3 is 11.8 Å². The molecule has 0 saturated heterocycles. The summed E-state index contributed by atoms with van der Waals surface area (Å²) in [6, 6.07) is 15.7. The second-order valence-electron chi connectivity index (χ2n) is 12.2. The standard InChI is InChI=1S/C33H38Cl3N5O4/c1-20(2)29(26-18-25-27(35)21(3)38-41(25)32(44)40(26)19-22-12-8-7-9-13-22)39(17-11-16-37-31(43)45-33(4,5)6)30(42)23-14-10-15-24(34)28(23)36/h7-10,12-15,18,20,29H,11,16-17,19H2,1-6H3,(H,37,43). The number of ether oxygens (including phenoxy) is 1. The van der Waals surface area contributed by atoms with Gasteiger partial charge in [0.25, 0.3) is 5.91 Å². The predicted molar refractivity (Wildman–Crippen MR) is 179 cm³/mol. The maximum atomic E-state index is 14.4. The van der Waals surface area contributed by atoms with Gasteiger partial charge in [-0.05, 0) is 63.8 Å². The number of hydrogen-bond donors (Lipinski definition) is 1. The zero-order valence-electron chi connectivity index (χ0n) is 26.2. The molecule has 240 valence electrons. The Morgan fingerprint density at radius 1 is 1.02 bits per heavy atom. The molecule has 2 aromatic heterocycles. The van der Waals surface area contributed by atoms with Crippen LogP contribution in [0.2, 0.25) is 15.1 Å². The number of nitrogens with one attached hydrogen (secondary N) is 1. The minimum atomic E-state index is -0.646. The van der Waals surface area contributed by atoms with Crippen LogP contribution in [0.15, 0.2) is 59.4 Å². The van der Waals surface area contributed by atoms with Gasteiger partial charge in [-0.2, -0.15) is 9.61 Å². The summed E-state index contributed by atoms with van der Waals surface area (Å²) in [5.74, 6) is -0.537. The molecule has 1 unspecified atom stereocenters. The molecule has 0 aliphatic carbocycles. The third-order valence-corrected chi connectivity index (χ3v) is 8.46. The monoisotopic (exact) mass is 673 g/mol. The van der Waals surface area contributed by atoms with Gasteiger partial charge in [0.15, 0.2) is 0 Å². The SMILES string of the molecule is Cc1nn2c(=O)n(Cc3ccccc3)c(C(C(C)C)N(CCCNC(=O)OC(C)(C)C)C(=O)c3cccc(Cl)c3Cl)cc2c1Cl. The van der Waals surface area contributed by atoms with Gasteiger partial charge in [0.1, 0.15) is 5.60 Å². The van der Waals surface area contributed by atoms with E-state index in [0.29, 0.717) is 28.3 Å². The van der Waals surface area contributed by atoms with E-state index in [9.17, 15) is 14.4 Å². The Morgan fingerprint density at radius 2 is 1.71 bits per heavy atom. The smallest absolute Gasteiger partial charge is 0.407 e. The Kier molecular flexibility index (Phi) is 10.9. The maximum Gasteiger partial charge on any atom is 0.407 e. The Balaban J connectivity index is 1.84. The lowest BCUT2D eigenvalue weighted by molar-refractivity contribution is 0.0520. The van der Waals surface area contributed by atoms with E-state index < -0.39 is 17.7 Å². The number of carbonyl (C=O) groups is 2. The summed E-state index contributed by atoms with van der Waals surface area (Å²) in [6.45, 7) is 11.8. The molecule has 0 aliphatic heterocycles. The molecule has 2 heterocycles. The van der Waals surface area contributed by atoms with Gasteiger partial charge in [0, 0.05) is 18.8 Å². The van der Waals surface area contributed by atoms with Crippen LogP contribution in [0.4, 0.5) is 4.79 Å². The van der Waals surface area contributed by atoms with E-state index in [1.54, 1.807) is 55.4 Å². The van der Waals surface area contributed by atoms with Crippen molar-refractivity contribution < 1.29 is 14.3 Å². The van der Waals surface area contributed by atoms with Crippen molar-refractivity contribution in [3.8, 4) is 0 Å². The molecule has 4 rings (SSSR count). The highest BCUT2D eigenvalue weighted by Gasteiger charge is 2.33. The summed E-state index contributed by atoms with van der Waals surface area (Å²) in [4.78, 5) is 42.4. The van der Waals surface area contributed by atoms with Crippen LogP contribution in [0, 0.1) is 12.8 Å². The lowest BCUT2D eigenvalue weighted by Crippen LogP contribution is -2.43. The van der Waals surface area contributed by atoms with Gasteiger partial charge in [0.2, 0.25) is 0 Å². The number of benzene rings is 2. The third kappa shape index (κ3) is 8.01. The average molecular weight is 675 g/mol. The normalized spacial score (nSPS) is 12.4. The number of fused-ring (bicyclic) bond motifs is 1. The van der Waals surface area contributed by atoms with Crippen molar-refractivity contribution in [2.24, 2.45) is 5.92 Å². The quantitative estimate of drug-likeness (QED) is 0.175. The van der Waals surface area contributed by atoms with Crippen LogP contribution in [-0.2, 0) is 11.3 Å². The Morgan fingerprint density at radius 3 is 2.36 bits per heavy atom. The van der Waals surface area contributed by atoms with Gasteiger partial charge in [0.05, 0.1) is 44.4 Å². The molecule has 0 bridgehead atoms. The molecule has 0 saturated carbocycles. The largest absolute Gasteiger partial charge is 0.444 e. The third-order valence-electron chi connectivity index (χ3n) is 7.17. The van der Waals surface area contributed by atoms with E-state index in [1.165, 1.54) is 4.52 Å². The molecule has 0 fully saturated rings. The van der Waals surface area contributed by atoms with Crippen LogP contribution in [0.5, 0.6) is 0 Å². The van der Waals surface area contributed by atoms with Crippen molar-refractivity contribution in [3.05, 3.63) is 103 Å². The van der Waals surface area contributed by atoms with Gasteiger partial charge < -0.3 is 15.0 Å². The summed E-state index contributed by atoms with van der Waals surface area (Å²) in [5.41, 5.74) is 1.65. The van der Waals surface area contributed by atoms with Gasteiger partial charge in [-0.1, -0.05) is 85.0 Å². The predicted octanol–water partition coefficient (Wildman–Crippen LogP) is 7.57. The number of aromatic nitrogens is 3. The van der Waals surface area contributed by atoms with Crippen LogP contribution < -0.4 is 11.0 Å². The fourth-order valence-electron chi connectivity index (χ4n) is 5.21. The Labute approximate surface area is 278 Å². The summed E-state index contributed by atoms with van der Waals surface area (Å²) < 4.78 is 8.29. The first-order valence-corrected chi connectivity index (χ1v) is 15.9. The highest BCUT2D eigenvalue weighted by atomic mass is 35.5. The molecular weight excluding hydrogens is 637 g/mol. The van der Waals surface area contributed by atoms with E-state index in [1.807, 2.05) is 50.2 Å². The molecule has 0 spiro atoms. The number of nitrogens with zero attached hydrogens (tertiary/aromatic N) is 4. The fourth-order valence-corrected chi connectivity index (χ4v) is 5.77. The number of alkyl carbamates (subject to hydrolysis) is 1. The van der Waals surface area contributed by atoms with Gasteiger partial charge in [-0.25, -0.2) is 9.59 Å². The van der Waals surface area contributed by atoms with Crippen LogP contribution >= 0.6 is 34.8 Å². The zero-order chi connectivity index (χ0) is 33.1. The number of rotatable bonds is 10. The molecule has 1 N–H and O–H groups in total. The van der Waals surface area contributed by atoms with Crippen LogP contribution in [-0.4, -0.2) is 49.8 Å². The summed E-state index contributed by atoms with van der Waals surface area (Å²) >= 11 is 19.5. The maximum absolute atomic E-state index is 14.4. The average Bonchev–Trinajstić information content (AvgIpc) is 3.25. The first-order chi connectivity index (χ1) is 21.2. The molecular formula is C33H38Cl3N5O4. The van der Waals surface area contributed by atoms with E-state index in [-0.39, 0.29) is 52.8 Å². The van der Waals surface area contributed by atoms with Crippen molar-refractivity contribution >= 4 is 52.3 Å². The summed E-state index contributed by atoms with van der Waals surface area (Å²) in [6.07, 6.45) is -0.157. The number of aryl methyl sites for hydroxylation is 1. The Bertz CT molecular complexity index is 1750. The Hall–Kier alpha value is -3.53. The van der Waals surface area contributed by atoms with Crippen LogP contribution in [0.3, 0.4) is 0 Å². The first-order valence-electron chi connectivity index (χ1n) is 14.7. The van der Waals surface area contributed by atoms with Crippen molar-refractivity contribution in [3.63, 3.8) is 0 Å². The number of halogens is 3. The minimum absolute atomic E-state index is 0.134. The second kappa shape index (κ2) is 14.3. The van der Waals surface area contributed by atoms with E-state index in [4.69, 9.17) is 39.5 Å². The molecule has 4 aromatic rings. The molecule has 9 nitrogen and oxygen atoms in total. The molecule has 45 heavy (non-hydrogen) atoms. The lowest BCUT2D eigenvalue weighted by atomic mass is 9.96. The van der Waals surface area contributed by atoms with Crippen molar-refractivity contribution in [2.75, 3.05) is 13.1 Å². The number of amides is 2. The minimum Gasteiger partial charge on any atom is -0.444 e. The molecule has 12 heteroatoms. The second-order valence-corrected chi connectivity index (χ2v) is 13.4. The van der Waals surface area contributed by atoms with Gasteiger partial charge in [-0.15, -0.1) is 0 Å². The van der Waals surface area contributed by atoms with E-state index >= 15 is 0 Å². The first kappa shape index (κ1) is 34.3. The molecule has 1 atom stereocenters. The molecule has 2 aromatic carbocycles. The number of carbonyl (C=O) groups excluding carboxylic acids is 2. The van der Waals surface area contributed by atoms with Gasteiger partial charge in [-0.3, -0.25) is 9.36 Å². The van der Waals surface area contributed by atoms with Crippen molar-refractivity contribution in [1.82, 2.24) is 24.4 Å². The van der Waals surface area contributed by atoms with E-state index in [0.717, 1.165) is 5.56 Å². The molecule has 2 amide bonds. The van der Waals surface area contributed by atoms with Crippen molar-refractivity contribution in [1.29, 1.82) is 0 Å². The highest BCUT2D eigenvalue weighted by Crippen LogP contribution is 2.35. The van der Waals surface area contributed by atoms with Crippen LogP contribution in [0.25, 0.3) is 5.52 Å². The fraction of sp³-hybridized carbons (Fsp3) is 0.394. The highest BCUT2D eigenvalue weighted by molar-refractivity contribution is 6.43. The van der Waals surface area contributed by atoms with Crippen LogP contribution in [0.1, 0.15) is 74.4 Å².